The molecule has 0 saturated carbocycles. The maximum Gasteiger partial charge on any atom is 0.230 e. The van der Waals surface area contributed by atoms with Gasteiger partial charge in [-0.05, 0) is 35.7 Å². The van der Waals surface area contributed by atoms with Crippen molar-refractivity contribution in [2.75, 3.05) is 38.0 Å². The number of nitrogens with zero attached hydrogens (tertiary/aromatic N) is 3. The number of hydrogen-bond donors (Lipinski definition) is 1. The third-order valence-electron chi connectivity index (χ3n) is 5.22. The number of likely N-dealkylation sites (N-methyl/N-ethyl adjacent to an activating group) is 1. The van der Waals surface area contributed by atoms with Gasteiger partial charge in [-0.25, -0.2) is 4.98 Å². The first-order chi connectivity index (χ1) is 14.2. The third kappa shape index (κ3) is 5.51. The topological polar surface area (TPSA) is 48.5 Å². The minimum atomic E-state index is -0.0318. The largest absolute Gasteiger partial charge is 0.326 e. The molecule has 1 aliphatic heterocycles. The van der Waals surface area contributed by atoms with Gasteiger partial charge in [-0.2, -0.15) is 11.3 Å². The number of amides is 1. The van der Waals surface area contributed by atoms with E-state index in [1.54, 1.807) is 22.7 Å². The standard InChI is InChI=1S/C22H26N4OS2/c1-2-25-8-10-26(11-9-25)14-17-3-5-19(6-4-17)23-21(27)13-20-16-29-22(24-20)18-7-12-28-15-18/h3-7,12,15-16H,2,8-11,13-14H2,1H3,(H,23,27). The Kier molecular flexibility index (Phi) is 6.71. The highest BCUT2D eigenvalue weighted by atomic mass is 32.1. The Balaban J connectivity index is 1.27. The number of benzene rings is 1. The van der Waals surface area contributed by atoms with Crippen molar-refractivity contribution < 1.29 is 4.79 Å². The number of anilines is 1. The Morgan fingerprint density at radius 1 is 1.07 bits per heavy atom. The highest BCUT2D eigenvalue weighted by Crippen LogP contribution is 2.26. The lowest BCUT2D eigenvalue weighted by Crippen LogP contribution is -2.45. The molecule has 5 nitrogen and oxygen atoms in total. The molecule has 4 rings (SSSR count). The van der Waals surface area contributed by atoms with Crippen molar-refractivity contribution in [3.05, 3.63) is 57.7 Å². The number of piperazine rings is 1. The van der Waals surface area contributed by atoms with Crippen LogP contribution < -0.4 is 5.32 Å². The molecule has 0 unspecified atom stereocenters. The average molecular weight is 427 g/mol. The van der Waals surface area contributed by atoms with Crippen molar-refractivity contribution in [1.29, 1.82) is 0 Å². The summed E-state index contributed by atoms with van der Waals surface area (Å²) >= 11 is 3.24. The average Bonchev–Trinajstić information content (AvgIpc) is 3.42. The summed E-state index contributed by atoms with van der Waals surface area (Å²) in [5.74, 6) is -0.0318. The number of thiazole rings is 1. The molecule has 1 amide bonds. The Bertz CT molecular complexity index is 913. The lowest BCUT2D eigenvalue weighted by atomic mass is 10.1. The van der Waals surface area contributed by atoms with Crippen LogP contribution in [0.1, 0.15) is 18.2 Å². The van der Waals surface area contributed by atoms with Crippen LogP contribution in [0.2, 0.25) is 0 Å². The molecule has 0 radical (unpaired) electrons. The molecule has 29 heavy (non-hydrogen) atoms. The first kappa shape index (κ1) is 20.2. The van der Waals surface area contributed by atoms with Gasteiger partial charge in [-0.15, -0.1) is 11.3 Å². The molecule has 7 heteroatoms. The second-order valence-electron chi connectivity index (χ2n) is 7.29. The van der Waals surface area contributed by atoms with Gasteiger partial charge >= 0.3 is 0 Å². The highest BCUT2D eigenvalue weighted by Gasteiger charge is 2.15. The van der Waals surface area contributed by atoms with Gasteiger partial charge in [0.05, 0.1) is 12.1 Å². The molecule has 1 aromatic carbocycles. The van der Waals surface area contributed by atoms with Gasteiger partial charge in [-0.1, -0.05) is 19.1 Å². The number of thiophene rings is 1. The van der Waals surface area contributed by atoms with Crippen molar-refractivity contribution in [1.82, 2.24) is 14.8 Å². The van der Waals surface area contributed by atoms with Gasteiger partial charge in [0, 0.05) is 54.7 Å². The van der Waals surface area contributed by atoms with Crippen LogP contribution in [0.3, 0.4) is 0 Å². The van der Waals surface area contributed by atoms with Crippen LogP contribution in [0.5, 0.6) is 0 Å². The van der Waals surface area contributed by atoms with Gasteiger partial charge in [0.15, 0.2) is 0 Å². The highest BCUT2D eigenvalue weighted by molar-refractivity contribution is 7.14. The van der Waals surface area contributed by atoms with E-state index in [0.29, 0.717) is 6.42 Å². The van der Waals surface area contributed by atoms with E-state index in [9.17, 15) is 4.79 Å². The fraction of sp³-hybridized carbons (Fsp3) is 0.364. The summed E-state index contributed by atoms with van der Waals surface area (Å²) in [6.07, 6.45) is 0.296. The smallest absolute Gasteiger partial charge is 0.230 e. The van der Waals surface area contributed by atoms with E-state index in [0.717, 1.165) is 61.2 Å². The maximum atomic E-state index is 12.4. The van der Waals surface area contributed by atoms with E-state index in [2.05, 4.69) is 50.6 Å². The van der Waals surface area contributed by atoms with Crippen LogP contribution in [0.15, 0.2) is 46.5 Å². The van der Waals surface area contributed by atoms with Gasteiger partial charge in [-0.3, -0.25) is 9.69 Å². The van der Waals surface area contributed by atoms with E-state index in [1.165, 1.54) is 5.56 Å². The predicted octanol–water partition coefficient (Wildman–Crippen LogP) is 4.19. The molecule has 0 bridgehead atoms. The molecule has 1 fully saturated rings. The van der Waals surface area contributed by atoms with Crippen molar-refractivity contribution >= 4 is 34.3 Å². The number of aromatic nitrogens is 1. The van der Waals surface area contributed by atoms with E-state index in [1.807, 2.05) is 22.9 Å². The molecule has 0 aliphatic carbocycles. The molecule has 152 valence electrons. The first-order valence-electron chi connectivity index (χ1n) is 10.00. The molecule has 0 atom stereocenters. The van der Waals surface area contributed by atoms with Crippen molar-refractivity contribution in [2.45, 2.75) is 19.9 Å². The number of nitrogens with one attached hydrogen (secondary N) is 1. The monoisotopic (exact) mass is 426 g/mol. The first-order valence-corrected chi connectivity index (χ1v) is 11.8. The normalized spacial score (nSPS) is 15.5. The SMILES string of the molecule is CCN1CCN(Cc2ccc(NC(=O)Cc3csc(-c4ccsc4)n3)cc2)CC1. The zero-order valence-electron chi connectivity index (χ0n) is 16.6. The molecule has 0 spiro atoms. The van der Waals surface area contributed by atoms with E-state index >= 15 is 0 Å². The molecule has 1 N–H and O–H groups in total. The lowest BCUT2D eigenvalue weighted by Gasteiger charge is -2.34. The molecule has 1 saturated heterocycles. The molecular formula is C22H26N4OS2. The van der Waals surface area contributed by atoms with Gasteiger partial charge in [0.1, 0.15) is 5.01 Å². The van der Waals surface area contributed by atoms with Gasteiger partial charge in [0.2, 0.25) is 5.91 Å². The zero-order valence-corrected chi connectivity index (χ0v) is 18.3. The lowest BCUT2D eigenvalue weighted by molar-refractivity contribution is -0.115. The van der Waals surface area contributed by atoms with E-state index in [4.69, 9.17) is 0 Å². The van der Waals surface area contributed by atoms with Crippen LogP contribution >= 0.6 is 22.7 Å². The fourth-order valence-electron chi connectivity index (χ4n) is 3.49. The summed E-state index contributed by atoms with van der Waals surface area (Å²) in [6.45, 7) is 8.86. The van der Waals surface area contributed by atoms with Crippen molar-refractivity contribution in [3.8, 4) is 10.6 Å². The molecule has 3 aromatic rings. The number of hydrogen-bond acceptors (Lipinski definition) is 6. The Labute approximate surface area is 180 Å². The zero-order chi connectivity index (χ0) is 20.1. The summed E-state index contributed by atoms with van der Waals surface area (Å²) in [4.78, 5) is 21.9. The van der Waals surface area contributed by atoms with Gasteiger partial charge < -0.3 is 10.2 Å². The van der Waals surface area contributed by atoms with Crippen LogP contribution in [0, 0.1) is 0 Å². The van der Waals surface area contributed by atoms with Crippen molar-refractivity contribution in [3.63, 3.8) is 0 Å². The molecular weight excluding hydrogens is 400 g/mol. The van der Waals surface area contributed by atoms with Crippen molar-refractivity contribution in [2.24, 2.45) is 0 Å². The fourth-order valence-corrected chi connectivity index (χ4v) is 5.02. The minimum Gasteiger partial charge on any atom is -0.326 e. The number of carbonyl (C=O) groups is 1. The summed E-state index contributed by atoms with van der Waals surface area (Å²) in [7, 11) is 0. The van der Waals surface area contributed by atoms with Crippen LogP contribution in [0.25, 0.3) is 10.6 Å². The number of rotatable bonds is 7. The Morgan fingerprint density at radius 3 is 2.52 bits per heavy atom. The summed E-state index contributed by atoms with van der Waals surface area (Å²) in [5, 5.41) is 10.0. The summed E-state index contributed by atoms with van der Waals surface area (Å²) < 4.78 is 0. The van der Waals surface area contributed by atoms with Crippen LogP contribution in [-0.2, 0) is 17.8 Å². The van der Waals surface area contributed by atoms with Crippen LogP contribution in [0.4, 0.5) is 5.69 Å². The molecule has 1 aliphatic rings. The van der Waals surface area contributed by atoms with Crippen LogP contribution in [-0.4, -0.2) is 53.4 Å². The number of carbonyl (C=O) groups excluding carboxylic acids is 1. The third-order valence-corrected chi connectivity index (χ3v) is 6.84. The summed E-state index contributed by atoms with van der Waals surface area (Å²) in [6, 6.07) is 10.3. The quantitative estimate of drug-likeness (QED) is 0.615. The molecule has 2 aromatic heterocycles. The minimum absolute atomic E-state index is 0.0318. The molecule has 3 heterocycles. The second-order valence-corrected chi connectivity index (χ2v) is 8.93. The predicted molar refractivity (Wildman–Crippen MR) is 122 cm³/mol. The Hall–Kier alpha value is -2.06. The maximum absolute atomic E-state index is 12.4. The van der Waals surface area contributed by atoms with E-state index in [-0.39, 0.29) is 5.91 Å². The summed E-state index contributed by atoms with van der Waals surface area (Å²) in [5.41, 5.74) is 4.06. The second kappa shape index (κ2) is 9.63. The Morgan fingerprint density at radius 2 is 1.83 bits per heavy atom. The van der Waals surface area contributed by atoms with Gasteiger partial charge in [0.25, 0.3) is 0 Å². The van der Waals surface area contributed by atoms with E-state index < -0.39 is 0 Å².